The second kappa shape index (κ2) is 8.11. The first-order chi connectivity index (χ1) is 8.63. The quantitative estimate of drug-likeness (QED) is 0.757. The summed E-state index contributed by atoms with van der Waals surface area (Å²) in [6, 6.07) is 7.40. The van der Waals surface area contributed by atoms with Gasteiger partial charge in [0, 0.05) is 11.0 Å². The van der Waals surface area contributed by atoms with Crippen LogP contribution in [0.5, 0.6) is 5.75 Å². The van der Waals surface area contributed by atoms with E-state index >= 15 is 0 Å². The number of carbonyl (C=O) groups excluding carboxylic acids is 1. The second-order valence-electron chi connectivity index (χ2n) is 4.00. The van der Waals surface area contributed by atoms with Crippen molar-refractivity contribution in [1.82, 2.24) is 5.32 Å². The largest absolute Gasteiger partial charge is 0.481 e. The Kier molecular flexibility index (Phi) is 6.75. The van der Waals surface area contributed by atoms with Crippen molar-refractivity contribution >= 4 is 21.8 Å². The molecule has 0 saturated heterocycles. The molecule has 1 amide bonds. The molecule has 18 heavy (non-hydrogen) atoms. The molecule has 1 aromatic carbocycles. The van der Waals surface area contributed by atoms with Gasteiger partial charge in [0.1, 0.15) is 5.75 Å². The van der Waals surface area contributed by atoms with Crippen molar-refractivity contribution in [2.45, 2.75) is 25.9 Å². The Morgan fingerprint density at radius 1 is 1.39 bits per heavy atom. The highest BCUT2D eigenvalue weighted by Crippen LogP contribution is 2.17. The molecule has 0 aliphatic heterocycles. The molecule has 0 aromatic heterocycles. The summed E-state index contributed by atoms with van der Waals surface area (Å²) < 4.78 is 6.51. The maximum absolute atomic E-state index is 11.7. The number of unbranched alkanes of at least 4 members (excludes halogenated alkanes) is 1. The van der Waals surface area contributed by atoms with Crippen LogP contribution < -0.4 is 15.8 Å². The van der Waals surface area contributed by atoms with Gasteiger partial charge in [-0.05, 0) is 50.6 Å². The van der Waals surface area contributed by atoms with Crippen LogP contribution in [0.3, 0.4) is 0 Å². The van der Waals surface area contributed by atoms with Crippen LogP contribution >= 0.6 is 15.9 Å². The van der Waals surface area contributed by atoms with E-state index in [1.54, 1.807) is 6.92 Å². The van der Waals surface area contributed by atoms with Crippen LogP contribution in [-0.4, -0.2) is 25.1 Å². The molecule has 0 aliphatic carbocycles. The molecule has 0 saturated carbocycles. The summed E-state index contributed by atoms with van der Waals surface area (Å²) in [6.07, 6.45) is 1.32. The molecule has 3 N–H and O–H groups in total. The monoisotopic (exact) mass is 314 g/mol. The minimum Gasteiger partial charge on any atom is -0.481 e. The SMILES string of the molecule is CC(Oc1ccc(Br)cc1)C(=O)NCCCCN. The number of hydrogen-bond acceptors (Lipinski definition) is 3. The first-order valence-corrected chi connectivity index (χ1v) is 6.83. The van der Waals surface area contributed by atoms with Gasteiger partial charge in [-0.25, -0.2) is 0 Å². The van der Waals surface area contributed by atoms with Gasteiger partial charge >= 0.3 is 0 Å². The lowest BCUT2D eigenvalue weighted by atomic mass is 10.3. The minimum atomic E-state index is -0.496. The summed E-state index contributed by atoms with van der Waals surface area (Å²) in [5.41, 5.74) is 5.38. The van der Waals surface area contributed by atoms with Crippen molar-refractivity contribution in [3.05, 3.63) is 28.7 Å². The van der Waals surface area contributed by atoms with Gasteiger partial charge in [-0.2, -0.15) is 0 Å². The summed E-state index contributed by atoms with van der Waals surface area (Å²) in [4.78, 5) is 11.7. The average molecular weight is 315 g/mol. The Morgan fingerprint density at radius 2 is 2.06 bits per heavy atom. The lowest BCUT2D eigenvalue weighted by Gasteiger charge is -2.14. The molecule has 5 heteroatoms. The number of halogens is 1. The molecule has 0 bridgehead atoms. The molecule has 1 aromatic rings. The van der Waals surface area contributed by atoms with E-state index < -0.39 is 6.10 Å². The molecule has 0 fully saturated rings. The van der Waals surface area contributed by atoms with Crippen molar-refractivity contribution in [2.24, 2.45) is 5.73 Å². The van der Waals surface area contributed by atoms with Crippen LogP contribution in [0, 0.1) is 0 Å². The molecule has 0 radical (unpaired) electrons. The normalized spacial score (nSPS) is 11.9. The molecule has 1 rings (SSSR count). The van der Waals surface area contributed by atoms with E-state index in [2.05, 4.69) is 21.2 Å². The van der Waals surface area contributed by atoms with Crippen LogP contribution in [0.15, 0.2) is 28.7 Å². The number of benzene rings is 1. The minimum absolute atomic E-state index is 0.102. The fourth-order valence-electron chi connectivity index (χ4n) is 1.40. The summed E-state index contributed by atoms with van der Waals surface area (Å²) in [7, 11) is 0. The Labute approximate surface area is 116 Å². The van der Waals surface area contributed by atoms with Gasteiger partial charge in [-0.15, -0.1) is 0 Å². The molecule has 100 valence electrons. The van der Waals surface area contributed by atoms with E-state index in [9.17, 15) is 4.79 Å². The predicted molar refractivity (Wildman–Crippen MR) is 75.5 cm³/mol. The van der Waals surface area contributed by atoms with Gasteiger partial charge in [-0.1, -0.05) is 15.9 Å². The molecule has 0 spiro atoms. The number of nitrogens with one attached hydrogen (secondary N) is 1. The van der Waals surface area contributed by atoms with E-state index in [1.807, 2.05) is 24.3 Å². The van der Waals surface area contributed by atoms with Gasteiger partial charge in [-0.3, -0.25) is 4.79 Å². The summed E-state index contributed by atoms with van der Waals surface area (Å²) in [6.45, 7) is 3.03. The van der Waals surface area contributed by atoms with Crippen LogP contribution in [-0.2, 0) is 4.79 Å². The third kappa shape index (κ3) is 5.51. The predicted octanol–water partition coefficient (Wildman–Crippen LogP) is 2.07. The lowest BCUT2D eigenvalue weighted by Crippen LogP contribution is -2.36. The summed E-state index contributed by atoms with van der Waals surface area (Å²) in [5.74, 6) is 0.581. The van der Waals surface area contributed by atoms with E-state index in [0.29, 0.717) is 18.8 Å². The van der Waals surface area contributed by atoms with Crippen LogP contribution in [0.2, 0.25) is 0 Å². The molecular weight excluding hydrogens is 296 g/mol. The maximum atomic E-state index is 11.7. The van der Waals surface area contributed by atoms with Crippen molar-refractivity contribution in [3.63, 3.8) is 0 Å². The van der Waals surface area contributed by atoms with E-state index in [4.69, 9.17) is 10.5 Å². The first kappa shape index (κ1) is 15.0. The molecule has 0 aliphatic rings. The third-order valence-corrected chi connectivity index (χ3v) is 2.95. The molecule has 4 nitrogen and oxygen atoms in total. The summed E-state index contributed by atoms with van der Waals surface area (Å²) >= 11 is 3.34. The second-order valence-corrected chi connectivity index (χ2v) is 4.92. The number of nitrogens with two attached hydrogens (primary N) is 1. The van der Waals surface area contributed by atoms with Gasteiger partial charge in [0.05, 0.1) is 0 Å². The molecule has 1 atom stereocenters. The number of rotatable bonds is 7. The standard InChI is InChI=1S/C13H19BrN2O2/c1-10(13(17)16-9-3-2-8-15)18-12-6-4-11(14)5-7-12/h4-7,10H,2-3,8-9,15H2,1H3,(H,16,17). The molecule has 0 heterocycles. The molecule has 1 unspecified atom stereocenters. The maximum Gasteiger partial charge on any atom is 0.260 e. The van der Waals surface area contributed by atoms with Crippen LogP contribution in [0.4, 0.5) is 0 Å². The Balaban J connectivity index is 2.33. The number of carbonyl (C=O) groups is 1. The lowest BCUT2D eigenvalue weighted by molar-refractivity contribution is -0.127. The van der Waals surface area contributed by atoms with Gasteiger partial charge in [0.25, 0.3) is 5.91 Å². The molecular formula is C13H19BrN2O2. The zero-order valence-electron chi connectivity index (χ0n) is 10.5. The Bertz CT molecular complexity index is 368. The number of amides is 1. The fourth-order valence-corrected chi connectivity index (χ4v) is 1.66. The zero-order valence-corrected chi connectivity index (χ0v) is 12.1. The van der Waals surface area contributed by atoms with Crippen molar-refractivity contribution in [1.29, 1.82) is 0 Å². The smallest absolute Gasteiger partial charge is 0.260 e. The summed E-state index contributed by atoms with van der Waals surface area (Å²) in [5, 5.41) is 2.82. The van der Waals surface area contributed by atoms with Gasteiger partial charge in [0.2, 0.25) is 0 Å². The van der Waals surface area contributed by atoms with Gasteiger partial charge in [0.15, 0.2) is 6.10 Å². The number of hydrogen-bond donors (Lipinski definition) is 2. The van der Waals surface area contributed by atoms with Crippen molar-refractivity contribution in [3.8, 4) is 5.75 Å². The highest BCUT2D eigenvalue weighted by Gasteiger charge is 2.13. The van der Waals surface area contributed by atoms with Crippen molar-refractivity contribution in [2.75, 3.05) is 13.1 Å². The number of ether oxygens (including phenoxy) is 1. The highest BCUT2D eigenvalue weighted by atomic mass is 79.9. The first-order valence-electron chi connectivity index (χ1n) is 6.03. The third-order valence-electron chi connectivity index (χ3n) is 2.43. The topological polar surface area (TPSA) is 64.3 Å². The average Bonchev–Trinajstić information content (AvgIpc) is 2.37. The fraction of sp³-hybridized carbons (Fsp3) is 0.462. The van der Waals surface area contributed by atoms with E-state index in [-0.39, 0.29) is 5.91 Å². The Hall–Kier alpha value is -1.07. The van der Waals surface area contributed by atoms with Crippen LogP contribution in [0.25, 0.3) is 0 Å². The van der Waals surface area contributed by atoms with E-state index in [1.165, 1.54) is 0 Å². The van der Waals surface area contributed by atoms with Gasteiger partial charge < -0.3 is 15.8 Å². The van der Waals surface area contributed by atoms with E-state index in [0.717, 1.165) is 17.3 Å². The van der Waals surface area contributed by atoms with Crippen LogP contribution in [0.1, 0.15) is 19.8 Å². The van der Waals surface area contributed by atoms with Crippen molar-refractivity contribution < 1.29 is 9.53 Å². The zero-order chi connectivity index (χ0) is 13.4. The Morgan fingerprint density at radius 3 is 2.67 bits per heavy atom. The highest BCUT2D eigenvalue weighted by molar-refractivity contribution is 9.10.